The van der Waals surface area contributed by atoms with Crippen LogP contribution in [0.3, 0.4) is 0 Å². The molecule has 0 unspecified atom stereocenters. The van der Waals surface area contributed by atoms with Crippen LogP contribution in [0.4, 0.5) is 18.9 Å². The van der Waals surface area contributed by atoms with Gasteiger partial charge in [-0.3, -0.25) is 0 Å². The number of ether oxygens (including phenoxy) is 1. The van der Waals surface area contributed by atoms with Crippen LogP contribution in [0.15, 0.2) is 42.5 Å². The third-order valence-corrected chi connectivity index (χ3v) is 3.55. The zero-order chi connectivity index (χ0) is 14.8. The highest BCUT2D eigenvalue weighted by Gasteiger charge is 2.33. The van der Waals surface area contributed by atoms with Gasteiger partial charge in [0.2, 0.25) is 0 Å². The molecule has 0 radical (unpaired) electrons. The molecule has 6 heteroatoms. The van der Waals surface area contributed by atoms with E-state index in [9.17, 15) is 13.2 Å². The van der Waals surface area contributed by atoms with Crippen molar-refractivity contribution in [3.63, 3.8) is 0 Å². The Balaban J connectivity index is 2.24. The molecule has 0 bridgehead atoms. The monoisotopic (exact) mass is 393 g/mol. The molecule has 0 atom stereocenters. The molecule has 0 saturated heterocycles. The van der Waals surface area contributed by atoms with Gasteiger partial charge >= 0.3 is 6.18 Å². The summed E-state index contributed by atoms with van der Waals surface area (Å²) in [4.78, 5) is 0. The maximum absolute atomic E-state index is 12.9. The summed E-state index contributed by atoms with van der Waals surface area (Å²) in [5.41, 5.74) is 4.79. The second-order valence-corrected chi connectivity index (χ2v) is 5.30. The molecule has 0 heterocycles. The zero-order valence-electron chi connectivity index (χ0n) is 10.2. The zero-order valence-corrected chi connectivity index (χ0v) is 12.4. The average Bonchev–Trinajstić information content (AvgIpc) is 2.38. The Labute approximate surface area is 127 Å². The SMILES string of the molecule is Nc1ccc(COc2ccccc2I)c(C(F)(F)F)c1. The van der Waals surface area contributed by atoms with Crippen LogP contribution in [0, 0.1) is 3.57 Å². The molecule has 0 saturated carbocycles. The molecule has 0 aliphatic carbocycles. The molecule has 20 heavy (non-hydrogen) atoms. The summed E-state index contributed by atoms with van der Waals surface area (Å²) in [6, 6.07) is 10.8. The molecule has 0 aliphatic rings. The van der Waals surface area contributed by atoms with Crippen LogP contribution in [0.2, 0.25) is 0 Å². The molecular formula is C14H11F3INO. The minimum Gasteiger partial charge on any atom is -0.488 e. The van der Waals surface area contributed by atoms with Gasteiger partial charge < -0.3 is 10.5 Å². The van der Waals surface area contributed by atoms with Gasteiger partial charge in [-0.1, -0.05) is 18.2 Å². The second-order valence-electron chi connectivity index (χ2n) is 4.13. The Morgan fingerprint density at radius 1 is 1.10 bits per heavy atom. The predicted molar refractivity (Wildman–Crippen MR) is 79.3 cm³/mol. The van der Waals surface area contributed by atoms with Crippen molar-refractivity contribution < 1.29 is 17.9 Å². The van der Waals surface area contributed by atoms with Crippen molar-refractivity contribution in [1.82, 2.24) is 0 Å². The van der Waals surface area contributed by atoms with Crippen LogP contribution in [0.1, 0.15) is 11.1 Å². The van der Waals surface area contributed by atoms with E-state index in [0.29, 0.717) is 5.75 Å². The Bertz CT molecular complexity index is 614. The molecule has 0 spiro atoms. The minimum absolute atomic E-state index is 0.0614. The second kappa shape index (κ2) is 5.90. The van der Waals surface area contributed by atoms with Crippen LogP contribution < -0.4 is 10.5 Å². The maximum Gasteiger partial charge on any atom is 0.416 e. The largest absolute Gasteiger partial charge is 0.488 e. The lowest BCUT2D eigenvalue weighted by atomic mass is 10.1. The van der Waals surface area contributed by atoms with Gasteiger partial charge in [0.05, 0.1) is 9.13 Å². The van der Waals surface area contributed by atoms with Crippen molar-refractivity contribution in [2.24, 2.45) is 0 Å². The topological polar surface area (TPSA) is 35.2 Å². The summed E-state index contributed by atoms with van der Waals surface area (Å²) < 4.78 is 45.1. The molecule has 106 valence electrons. The number of hydrogen-bond acceptors (Lipinski definition) is 2. The number of rotatable bonds is 3. The predicted octanol–water partition coefficient (Wildman–Crippen LogP) is 4.47. The molecule has 0 amide bonds. The lowest BCUT2D eigenvalue weighted by molar-refractivity contribution is -0.138. The highest BCUT2D eigenvalue weighted by Crippen LogP contribution is 2.34. The average molecular weight is 393 g/mol. The first-order valence-corrected chi connectivity index (χ1v) is 6.79. The van der Waals surface area contributed by atoms with Gasteiger partial charge in [-0.2, -0.15) is 13.2 Å². The third kappa shape index (κ3) is 3.56. The number of para-hydroxylation sites is 1. The van der Waals surface area contributed by atoms with Gasteiger partial charge in [-0.25, -0.2) is 0 Å². The molecule has 2 rings (SSSR count). The summed E-state index contributed by atoms with van der Waals surface area (Å²) in [5, 5.41) is 0. The molecule has 0 aromatic heterocycles. The number of benzene rings is 2. The number of alkyl halides is 3. The van der Waals surface area contributed by atoms with E-state index in [2.05, 4.69) is 22.6 Å². The lowest BCUT2D eigenvalue weighted by Crippen LogP contribution is -2.11. The van der Waals surface area contributed by atoms with E-state index in [1.165, 1.54) is 12.1 Å². The summed E-state index contributed by atoms with van der Waals surface area (Å²) in [5.74, 6) is 0.554. The highest BCUT2D eigenvalue weighted by atomic mass is 127. The van der Waals surface area contributed by atoms with Gasteiger partial charge in [-0.15, -0.1) is 0 Å². The summed E-state index contributed by atoms with van der Waals surface area (Å²) in [6.07, 6.45) is -4.45. The van der Waals surface area contributed by atoms with Gasteiger partial charge in [0.15, 0.2) is 0 Å². The van der Waals surface area contributed by atoms with Crippen molar-refractivity contribution in [3.8, 4) is 5.75 Å². The van der Waals surface area contributed by atoms with E-state index in [-0.39, 0.29) is 17.9 Å². The quantitative estimate of drug-likeness (QED) is 0.617. The van der Waals surface area contributed by atoms with Crippen LogP contribution >= 0.6 is 22.6 Å². The number of nitrogen functional groups attached to an aromatic ring is 1. The summed E-state index contributed by atoms with van der Waals surface area (Å²) in [6.45, 7) is -0.158. The first-order chi connectivity index (χ1) is 9.38. The summed E-state index contributed by atoms with van der Waals surface area (Å²) in [7, 11) is 0. The van der Waals surface area contributed by atoms with Gasteiger partial charge in [-0.05, 0) is 46.9 Å². The highest BCUT2D eigenvalue weighted by molar-refractivity contribution is 14.1. The Morgan fingerprint density at radius 2 is 1.80 bits per heavy atom. The Hall–Kier alpha value is -1.44. The van der Waals surface area contributed by atoms with Gasteiger partial charge in [0, 0.05) is 11.3 Å². The van der Waals surface area contributed by atoms with E-state index >= 15 is 0 Å². The number of hydrogen-bond donors (Lipinski definition) is 1. The van der Waals surface area contributed by atoms with Crippen LogP contribution in [-0.4, -0.2) is 0 Å². The first-order valence-electron chi connectivity index (χ1n) is 5.71. The van der Waals surface area contributed by atoms with E-state index in [0.717, 1.165) is 9.64 Å². The van der Waals surface area contributed by atoms with Crippen LogP contribution in [0.5, 0.6) is 5.75 Å². The first kappa shape index (κ1) is 15.0. The minimum atomic E-state index is -4.45. The fraction of sp³-hybridized carbons (Fsp3) is 0.143. The molecular weight excluding hydrogens is 382 g/mol. The molecule has 2 nitrogen and oxygen atoms in total. The van der Waals surface area contributed by atoms with Crippen molar-refractivity contribution >= 4 is 28.3 Å². The summed E-state index contributed by atoms with van der Waals surface area (Å²) >= 11 is 2.07. The Kier molecular flexibility index (Phi) is 4.42. The number of nitrogens with two attached hydrogens (primary N) is 1. The third-order valence-electron chi connectivity index (χ3n) is 2.66. The van der Waals surface area contributed by atoms with E-state index in [4.69, 9.17) is 10.5 Å². The van der Waals surface area contributed by atoms with Crippen molar-refractivity contribution in [2.75, 3.05) is 5.73 Å². The molecule has 0 aliphatic heterocycles. The van der Waals surface area contributed by atoms with Gasteiger partial charge in [0.1, 0.15) is 12.4 Å². The van der Waals surface area contributed by atoms with E-state index in [1.54, 1.807) is 12.1 Å². The number of anilines is 1. The lowest BCUT2D eigenvalue weighted by Gasteiger charge is -2.15. The maximum atomic E-state index is 12.9. The van der Waals surface area contributed by atoms with Gasteiger partial charge in [0.25, 0.3) is 0 Å². The van der Waals surface area contributed by atoms with E-state index < -0.39 is 11.7 Å². The smallest absolute Gasteiger partial charge is 0.416 e. The molecule has 2 N–H and O–H groups in total. The fourth-order valence-electron chi connectivity index (χ4n) is 1.70. The van der Waals surface area contributed by atoms with Crippen molar-refractivity contribution in [3.05, 3.63) is 57.2 Å². The van der Waals surface area contributed by atoms with E-state index in [1.807, 2.05) is 12.1 Å². The van der Waals surface area contributed by atoms with Crippen LogP contribution in [0.25, 0.3) is 0 Å². The fourth-order valence-corrected chi connectivity index (χ4v) is 2.24. The molecule has 2 aromatic rings. The Morgan fingerprint density at radius 3 is 2.45 bits per heavy atom. The number of halogens is 4. The van der Waals surface area contributed by atoms with Crippen molar-refractivity contribution in [1.29, 1.82) is 0 Å². The van der Waals surface area contributed by atoms with Crippen molar-refractivity contribution in [2.45, 2.75) is 12.8 Å². The normalized spacial score (nSPS) is 11.4. The van der Waals surface area contributed by atoms with Crippen LogP contribution in [-0.2, 0) is 12.8 Å². The molecule has 2 aromatic carbocycles. The standard InChI is InChI=1S/C14H11F3INO/c15-14(16,17)11-7-10(19)6-5-9(11)8-20-13-4-2-1-3-12(13)18/h1-7H,8,19H2. The molecule has 0 fully saturated rings.